The number of ether oxygens (including phenoxy) is 1. The average Bonchev–Trinajstić information content (AvgIpc) is 2.13. The summed E-state index contributed by atoms with van der Waals surface area (Å²) in [6.07, 6.45) is 0. The van der Waals surface area contributed by atoms with Gasteiger partial charge in [-0.05, 0) is 56.2 Å². The number of nitrogens with one attached hydrogen (secondary N) is 1. The fourth-order valence-electron chi connectivity index (χ4n) is 1.37. The minimum atomic E-state index is 0.279. The van der Waals surface area contributed by atoms with Crippen molar-refractivity contribution >= 4 is 23.0 Å². The maximum Gasteiger partial charge on any atom is 0.168 e. The van der Waals surface area contributed by atoms with Crippen molar-refractivity contribution in [1.82, 2.24) is 0 Å². The van der Waals surface area contributed by atoms with E-state index in [9.17, 15) is 0 Å². The van der Waals surface area contributed by atoms with Crippen LogP contribution in [0.1, 0.15) is 18.1 Å². The summed E-state index contributed by atoms with van der Waals surface area (Å²) in [5.41, 5.74) is 8.50. The summed E-state index contributed by atoms with van der Waals surface area (Å²) < 4.78 is 5.49. The molecular formula is C11H16N2OS. The lowest BCUT2D eigenvalue weighted by Crippen LogP contribution is -2.19. The van der Waals surface area contributed by atoms with E-state index in [1.54, 1.807) is 0 Å². The van der Waals surface area contributed by atoms with Gasteiger partial charge in [-0.25, -0.2) is 0 Å². The van der Waals surface area contributed by atoms with E-state index >= 15 is 0 Å². The summed E-state index contributed by atoms with van der Waals surface area (Å²) in [7, 11) is 0. The Kier molecular flexibility index (Phi) is 3.91. The molecule has 0 radical (unpaired) electrons. The Labute approximate surface area is 95.6 Å². The summed E-state index contributed by atoms with van der Waals surface area (Å²) in [6, 6.07) is 3.97. The predicted molar refractivity (Wildman–Crippen MR) is 67.5 cm³/mol. The molecule has 0 heterocycles. The molecule has 0 spiro atoms. The third-order valence-electron chi connectivity index (χ3n) is 2.08. The van der Waals surface area contributed by atoms with Crippen LogP contribution in [-0.4, -0.2) is 11.7 Å². The Hall–Kier alpha value is -1.29. The fourth-order valence-corrected chi connectivity index (χ4v) is 1.48. The number of aryl methyl sites for hydroxylation is 2. The highest BCUT2D eigenvalue weighted by Crippen LogP contribution is 2.26. The Balaban J connectivity index is 3.02. The number of nitrogens with two attached hydrogens (primary N) is 1. The second-order valence-corrected chi connectivity index (χ2v) is 3.79. The molecule has 0 bridgehead atoms. The lowest BCUT2D eigenvalue weighted by atomic mass is 10.1. The van der Waals surface area contributed by atoms with Gasteiger partial charge >= 0.3 is 0 Å². The zero-order valence-electron chi connectivity index (χ0n) is 9.26. The average molecular weight is 224 g/mol. The third-order valence-corrected chi connectivity index (χ3v) is 2.18. The second kappa shape index (κ2) is 4.98. The highest BCUT2D eigenvalue weighted by atomic mass is 32.1. The molecule has 4 heteroatoms. The van der Waals surface area contributed by atoms with Crippen molar-refractivity contribution in [2.45, 2.75) is 20.8 Å². The highest BCUT2D eigenvalue weighted by molar-refractivity contribution is 7.80. The van der Waals surface area contributed by atoms with Crippen LogP contribution in [0.5, 0.6) is 5.75 Å². The number of anilines is 1. The Morgan fingerprint density at radius 3 is 2.60 bits per heavy atom. The van der Waals surface area contributed by atoms with Gasteiger partial charge in [0, 0.05) is 5.69 Å². The van der Waals surface area contributed by atoms with Gasteiger partial charge in [-0.3, -0.25) is 0 Å². The van der Waals surface area contributed by atoms with Crippen molar-refractivity contribution in [2.75, 3.05) is 11.9 Å². The van der Waals surface area contributed by atoms with Gasteiger partial charge in [-0.1, -0.05) is 0 Å². The first-order valence-corrected chi connectivity index (χ1v) is 5.26. The van der Waals surface area contributed by atoms with Gasteiger partial charge in [0.15, 0.2) is 5.11 Å². The van der Waals surface area contributed by atoms with Gasteiger partial charge in [-0.15, -0.1) is 0 Å². The smallest absolute Gasteiger partial charge is 0.168 e. The van der Waals surface area contributed by atoms with E-state index in [0.29, 0.717) is 6.61 Å². The molecule has 3 N–H and O–H groups in total. The van der Waals surface area contributed by atoms with Crippen LogP contribution < -0.4 is 15.8 Å². The Morgan fingerprint density at radius 2 is 2.07 bits per heavy atom. The second-order valence-electron chi connectivity index (χ2n) is 3.35. The molecule has 0 aliphatic rings. The van der Waals surface area contributed by atoms with Crippen LogP contribution in [0.4, 0.5) is 5.69 Å². The third kappa shape index (κ3) is 3.09. The van der Waals surface area contributed by atoms with Gasteiger partial charge in [0.1, 0.15) is 5.75 Å². The molecule has 0 amide bonds. The first-order valence-electron chi connectivity index (χ1n) is 4.85. The first-order chi connectivity index (χ1) is 7.04. The monoisotopic (exact) mass is 224 g/mol. The molecule has 0 aromatic heterocycles. The minimum Gasteiger partial charge on any atom is -0.494 e. The topological polar surface area (TPSA) is 47.3 Å². The molecule has 82 valence electrons. The molecule has 0 aliphatic heterocycles. The normalized spacial score (nSPS) is 9.80. The summed E-state index contributed by atoms with van der Waals surface area (Å²) in [4.78, 5) is 0. The zero-order valence-corrected chi connectivity index (χ0v) is 10.1. The van der Waals surface area contributed by atoms with Gasteiger partial charge in [0.2, 0.25) is 0 Å². The van der Waals surface area contributed by atoms with Crippen molar-refractivity contribution in [1.29, 1.82) is 0 Å². The van der Waals surface area contributed by atoms with Crippen LogP contribution in [0.3, 0.4) is 0 Å². The van der Waals surface area contributed by atoms with Crippen molar-refractivity contribution in [2.24, 2.45) is 5.73 Å². The molecular weight excluding hydrogens is 208 g/mol. The van der Waals surface area contributed by atoms with Gasteiger partial charge in [0.25, 0.3) is 0 Å². The molecule has 1 rings (SSSR count). The van der Waals surface area contributed by atoms with E-state index in [0.717, 1.165) is 22.6 Å². The molecule has 0 atom stereocenters. The van der Waals surface area contributed by atoms with E-state index < -0.39 is 0 Å². The molecule has 0 saturated heterocycles. The summed E-state index contributed by atoms with van der Waals surface area (Å²) >= 11 is 4.80. The molecule has 1 aromatic carbocycles. The van der Waals surface area contributed by atoms with Crippen LogP contribution in [0.2, 0.25) is 0 Å². The summed E-state index contributed by atoms with van der Waals surface area (Å²) in [6.45, 7) is 6.62. The van der Waals surface area contributed by atoms with Crippen LogP contribution in [0, 0.1) is 13.8 Å². The Bertz CT molecular complexity index is 377. The number of hydrogen-bond acceptors (Lipinski definition) is 2. The molecule has 0 saturated carbocycles. The van der Waals surface area contributed by atoms with Crippen LogP contribution in [-0.2, 0) is 0 Å². The van der Waals surface area contributed by atoms with Crippen molar-refractivity contribution in [3.8, 4) is 5.75 Å². The van der Waals surface area contributed by atoms with Crippen LogP contribution in [0.25, 0.3) is 0 Å². The van der Waals surface area contributed by atoms with E-state index in [1.807, 2.05) is 32.9 Å². The minimum absolute atomic E-state index is 0.279. The maximum absolute atomic E-state index is 5.49. The predicted octanol–water partition coefficient (Wildman–Crippen LogP) is 2.36. The standard InChI is InChI=1S/C11H16N2OS/c1-4-14-10-6-7(2)9(5-8(10)3)13-11(12)15/h5-6H,4H2,1-3H3,(H3,12,13,15). The number of benzene rings is 1. The Morgan fingerprint density at radius 1 is 1.40 bits per heavy atom. The van der Waals surface area contributed by atoms with Gasteiger partial charge in [0.05, 0.1) is 6.61 Å². The van der Waals surface area contributed by atoms with E-state index in [2.05, 4.69) is 5.32 Å². The summed E-state index contributed by atoms with van der Waals surface area (Å²) in [5, 5.41) is 3.22. The highest BCUT2D eigenvalue weighted by Gasteiger charge is 2.05. The molecule has 15 heavy (non-hydrogen) atoms. The van der Waals surface area contributed by atoms with Gasteiger partial charge < -0.3 is 15.8 Å². The maximum atomic E-state index is 5.49. The fraction of sp³-hybridized carbons (Fsp3) is 0.364. The van der Waals surface area contributed by atoms with Crippen molar-refractivity contribution in [3.05, 3.63) is 23.3 Å². The summed E-state index contributed by atoms with van der Waals surface area (Å²) in [5.74, 6) is 0.906. The zero-order chi connectivity index (χ0) is 11.4. The number of rotatable bonds is 3. The SMILES string of the molecule is CCOc1cc(C)c(NC(N)=S)cc1C. The number of thiocarbonyl (C=S) groups is 1. The van der Waals surface area contributed by atoms with E-state index in [-0.39, 0.29) is 5.11 Å². The lowest BCUT2D eigenvalue weighted by Gasteiger charge is -2.13. The lowest BCUT2D eigenvalue weighted by molar-refractivity contribution is 0.338. The molecule has 3 nitrogen and oxygen atoms in total. The number of hydrogen-bond donors (Lipinski definition) is 2. The van der Waals surface area contributed by atoms with Crippen LogP contribution in [0.15, 0.2) is 12.1 Å². The molecule has 0 unspecified atom stereocenters. The van der Waals surface area contributed by atoms with Crippen molar-refractivity contribution in [3.63, 3.8) is 0 Å². The quantitative estimate of drug-likeness (QED) is 0.774. The van der Waals surface area contributed by atoms with E-state index in [4.69, 9.17) is 22.7 Å². The molecule has 0 fully saturated rings. The van der Waals surface area contributed by atoms with Crippen molar-refractivity contribution < 1.29 is 4.74 Å². The molecule has 0 aliphatic carbocycles. The van der Waals surface area contributed by atoms with Gasteiger partial charge in [-0.2, -0.15) is 0 Å². The molecule has 1 aromatic rings. The van der Waals surface area contributed by atoms with E-state index in [1.165, 1.54) is 0 Å². The van der Waals surface area contributed by atoms with Crippen LogP contribution >= 0.6 is 12.2 Å². The largest absolute Gasteiger partial charge is 0.494 e. The first kappa shape index (κ1) is 11.8.